The predicted molar refractivity (Wildman–Crippen MR) is 61.9 cm³/mol. The van der Waals surface area contributed by atoms with Gasteiger partial charge in [-0.3, -0.25) is 5.32 Å². The number of amides is 1. The lowest BCUT2D eigenvalue weighted by Crippen LogP contribution is -2.14. The number of carbonyl (C=O) groups is 2. The van der Waals surface area contributed by atoms with E-state index in [1.165, 1.54) is 6.08 Å². The van der Waals surface area contributed by atoms with Gasteiger partial charge in [-0.2, -0.15) is 0 Å². The van der Waals surface area contributed by atoms with Crippen LogP contribution in [0.15, 0.2) is 24.8 Å². The van der Waals surface area contributed by atoms with Crippen LogP contribution < -0.4 is 5.32 Å². The third-order valence-electron chi connectivity index (χ3n) is 1.94. The van der Waals surface area contributed by atoms with Crippen LogP contribution in [0.4, 0.5) is 10.5 Å². The summed E-state index contributed by atoms with van der Waals surface area (Å²) in [7, 11) is 0. The zero-order valence-corrected chi connectivity index (χ0v) is 9.21. The van der Waals surface area contributed by atoms with Gasteiger partial charge in [0.15, 0.2) is 5.75 Å². The highest BCUT2D eigenvalue weighted by atomic mass is 16.5. The number of hydrogen-bond acceptors (Lipinski definition) is 5. The summed E-state index contributed by atoms with van der Waals surface area (Å²) in [5, 5.41) is 29.8. The highest BCUT2D eigenvalue weighted by Crippen LogP contribution is 2.34. The van der Waals surface area contributed by atoms with E-state index in [1.54, 1.807) is 0 Å². The molecule has 0 spiro atoms. The van der Waals surface area contributed by atoms with Crippen molar-refractivity contribution in [2.75, 3.05) is 11.9 Å². The van der Waals surface area contributed by atoms with Gasteiger partial charge in [0.2, 0.25) is 0 Å². The lowest BCUT2D eigenvalue weighted by atomic mass is 10.1. The summed E-state index contributed by atoms with van der Waals surface area (Å²) in [4.78, 5) is 22.0. The fourth-order valence-electron chi connectivity index (χ4n) is 1.17. The molecule has 0 aliphatic carbocycles. The maximum absolute atomic E-state index is 11.2. The van der Waals surface area contributed by atoms with Crippen molar-refractivity contribution in [1.82, 2.24) is 0 Å². The maximum Gasteiger partial charge on any atom is 0.412 e. The van der Waals surface area contributed by atoms with Gasteiger partial charge in [-0.05, 0) is 12.1 Å². The molecule has 7 heteroatoms. The van der Waals surface area contributed by atoms with Gasteiger partial charge in [0, 0.05) is 0 Å². The van der Waals surface area contributed by atoms with Crippen LogP contribution in [-0.4, -0.2) is 34.0 Å². The Labute approximate surface area is 102 Å². The van der Waals surface area contributed by atoms with Gasteiger partial charge >= 0.3 is 12.1 Å². The molecular weight excluding hydrogens is 242 g/mol. The number of aromatic hydroxyl groups is 2. The highest BCUT2D eigenvalue weighted by molar-refractivity contribution is 5.98. The molecule has 0 fully saturated rings. The molecule has 1 rings (SSSR count). The smallest absolute Gasteiger partial charge is 0.412 e. The first-order valence-corrected chi connectivity index (χ1v) is 4.80. The Morgan fingerprint density at radius 2 is 2.06 bits per heavy atom. The molecule has 0 atom stereocenters. The van der Waals surface area contributed by atoms with Crippen molar-refractivity contribution in [3.8, 4) is 11.5 Å². The fraction of sp³-hybridized carbons (Fsp3) is 0.0909. The second-order valence-electron chi connectivity index (χ2n) is 3.17. The largest absolute Gasteiger partial charge is 0.507 e. The molecule has 4 N–H and O–H groups in total. The van der Waals surface area contributed by atoms with Crippen LogP contribution in [0.3, 0.4) is 0 Å². The number of hydrogen-bond donors (Lipinski definition) is 4. The second-order valence-corrected chi connectivity index (χ2v) is 3.17. The quantitative estimate of drug-likeness (QED) is 0.367. The maximum atomic E-state index is 11.2. The summed E-state index contributed by atoms with van der Waals surface area (Å²) in [6.45, 7) is 3.31. The number of benzene rings is 1. The molecule has 0 aliphatic heterocycles. The number of nitrogens with one attached hydrogen (secondary N) is 1. The summed E-state index contributed by atoms with van der Waals surface area (Å²) >= 11 is 0. The van der Waals surface area contributed by atoms with Crippen LogP contribution in [0.25, 0.3) is 0 Å². The van der Waals surface area contributed by atoms with Crippen molar-refractivity contribution in [2.24, 2.45) is 0 Å². The fourth-order valence-corrected chi connectivity index (χ4v) is 1.17. The number of ether oxygens (including phenoxy) is 1. The number of anilines is 1. The summed E-state index contributed by atoms with van der Waals surface area (Å²) in [6, 6.07) is 2.18. The van der Waals surface area contributed by atoms with Crippen LogP contribution in [0.5, 0.6) is 11.5 Å². The summed E-state index contributed by atoms with van der Waals surface area (Å²) in [6.07, 6.45) is 0.464. The van der Waals surface area contributed by atoms with Crippen LogP contribution in [-0.2, 0) is 4.74 Å². The summed E-state index contributed by atoms with van der Waals surface area (Å²) < 4.78 is 4.59. The van der Waals surface area contributed by atoms with E-state index in [4.69, 9.17) is 5.11 Å². The Morgan fingerprint density at radius 1 is 1.39 bits per heavy atom. The Morgan fingerprint density at radius 3 is 2.61 bits per heavy atom. The van der Waals surface area contributed by atoms with E-state index < -0.39 is 29.1 Å². The molecule has 96 valence electrons. The van der Waals surface area contributed by atoms with Gasteiger partial charge in [0.1, 0.15) is 17.9 Å². The van der Waals surface area contributed by atoms with Gasteiger partial charge < -0.3 is 20.1 Å². The molecule has 1 aromatic carbocycles. The molecule has 0 saturated heterocycles. The van der Waals surface area contributed by atoms with Crippen LogP contribution in [0.2, 0.25) is 0 Å². The zero-order chi connectivity index (χ0) is 13.7. The van der Waals surface area contributed by atoms with E-state index in [0.29, 0.717) is 0 Å². The molecule has 0 bridgehead atoms. The number of carboxylic acids is 1. The SMILES string of the molecule is C=CCOC(=O)Nc1ccc(O)c(C(=O)O)c1O. The summed E-state index contributed by atoms with van der Waals surface area (Å²) in [5.41, 5.74) is -0.879. The molecule has 1 aromatic rings. The zero-order valence-electron chi connectivity index (χ0n) is 9.21. The summed E-state index contributed by atoms with van der Waals surface area (Å²) in [5.74, 6) is -2.88. The van der Waals surface area contributed by atoms with Crippen molar-refractivity contribution in [3.63, 3.8) is 0 Å². The Bertz CT molecular complexity index is 497. The van der Waals surface area contributed by atoms with Crippen LogP contribution >= 0.6 is 0 Å². The average Bonchev–Trinajstić information content (AvgIpc) is 2.30. The highest BCUT2D eigenvalue weighted by Gasteiger charge is 2.19. The van der Waals surface area contributed by atoms with Crippen molar-refractivity contribution < 1.29 is 29.6 Å². The molecule has 0 radical (unpaired) electrons. The third-order valence-corrected chi connectivity index (χ3v) is 1.94. The van der Waals surface area contributed by atoms with Crippen molar-refractivity contribution >= 4 is 17.7 Å². The number of carboxylic acid groups (broad SMARTS) is 1. The lowest BCUT2D eigenvalue weighted by molar-refractivity contribution is 0.0690. The van der Waals surface area contributed by atoms with Gasteiger partial charge in [0.25, 0.3) is 0 Å². The third kappa shape index (κ3) is 2.91. The number of rotatable bonds is 4. The van der Waals surface area contributed by atoms with E-state index in [9.17, 15) is 19.8 Å². The minimum atomic E-state index is -1.52. The number of phenols is 2. The predicted octanol–water partition coefficient (Wildman–Crippen LogP) is 1.53. The number of carbonyl (C=O) groups excluding carboxylic acids is 1. The van der Waals surface area contributed by atoms with E-state index in [-0.39, 0.29) is 12.3 Å². The van der Waals surface area contributed by atoms with Crippen molar-refractivity contribution in [2.45, 2.75) is 0 Å². The normalized spacial score (nSPS) is 9.56. The van der Waals surface area contributed by atoms with Crippen molar-refractivity contribution in [1.29, 1.82) is 0 Å². The second kappa shape index (κ2) is 5.58. The van der Waals surface area contributed by atoms with Crippen LogP contribution in [0, 0.1) is 0 Å². The number of aromatic carboxylic acids is 1. The van der Waals surface area contributed by atoms with E-state index in [1.807, 2.05) is 0 Å². The first-order chi connectivity index (χ1) is 8.47. The topological polar surface area (TPSA) is 116 Å². The van der Waals surface area contributed by atoms with Crippen molar-refractivity contribution in [3.05, 3.63) is 30.4 Å². The average molecular weight is 253 g/mol. The van der Waals surface area contributed by atoms with Gasteiger partial charge in [-0.25, -0.2) is 9.59 Å². The van der Waals surface area contributed by atoms with Gasteiger partial charge in [-0.1, -0.05) is 12.7 Å². The first kappa shape index (κ1) is 13.4. The monoisotopic (exact) mass is 253 g/mol. The van der Waals surface area contributed by atoms with E-state index in [0.717, 1.165) is 12.1 Å². The van der Waals surface area contributed by atoms with E-state index in [2.05, 4.69) is 16.6 Å². The molecule has 0 aliphatic rings. The molecule has 0 unspecified atom stereocenters. The molecule has 1 amide bonds. The van der Waals surface area contributed by atoms with Gasteiger partial charge in [0.05, 0.1) is 5.69 Å². The van der Waals surface area contributed by atoms with Gasteiger partial charge in [-0.15, -0.1) is 0 Å². The molecule has 18 heavy (non-hydrogen) atoms. The first-order valence-electron chi connectivity index (χ1n) is 4.80. The molecule has 7 nitrogen and oxygen atoms in total. The molecular formula is C11H11NO6. The van der Waals surface area contributed by atoms with E-state index >= 15 is 0 Å². The standard InChI is InChI=1S/C11H11NO6/c1-2-5-18-11(17)12-6-3-4-7(13)8(9(6)14)10(15)16/h2-4,13-14H,1,5H2,(H,12,17)(H,15,16). The Hall–Kier alpha value is -2.70. The Balaban J connectivity index is 2.97. The minimum Gasteiger partial charge on any atom is -0.507 e. The Kier molecular flexibility index (Phi) is 4.14. The minimum absolute atomic E-state index is 0.0313. The molecule has 0 aromatic heterocycles. The molecule has 0 heterocycles. The molecule has 0 saturated carbocycles. The lowest BCUT2D eigenvalue weighted by Gasteiger charge is -2.10. The van der Waals surface area contributed by atoms with Crippen LogP contribution in [0.1, 0.15) is 10.4 Å².